The lowest BCUT2D eigenvalue weighted by Crippen LogP contribution is -2.38. The highest BCUT2D eigenvalue weighted by Gasteiger charge is 2.21. The summed E-state index contributed by atoms with van der Waals surface area (Å²) in [6.45, 7) is 1.20. The molecule has 18 heavy (non-hydrogen) atoms. The fourth-order valence-electron chi connectivity index (χ4n) is 1.85. The first-order chi connectivity index (χ1) is 8.50. The largest absolute Gasteiger partial charge is 0.389 e. The van der Waals surface area contributed by atoms with Gasteiger partial charge in [-0.15, -0.1) is 0 Å². The van der Waals surface area contributed by atoms with Gasteiger partial charge < -0.3 is 10.6 Å². The molecule has 0 aromatic heterocycles. The van der Waals surface area contributed by atoms with Crippen molar-refractivity contribution in [2.75, 3.05) is 29.5 Å². The second-order valence-electron chi connectivity index (χ2n) is 3.96. The first-order valence-corrected chi connectivity index (χ1v) is 8.07. The standard InChI is InChI=1S/C11H12BrFN2OS2/c12-9-7(11(14)17)1-2-8(10(9)13)15-3-5-18(16)6-4-15/h1-2H,3-6H2,(H2,14,17). The molecule has 2 rings (SSSR count). The van der Waals surface area contributed by atoms with E-state index >= 15 is 0 Å². The Morgan fingerprint density at radius 2 is 2.06 bits per heavy atom. The van der Waals surface area contributed by atoms with Gasteiger partial charge in [-0.3, -0.25) is 4.21 Å². The molecule has 3 nitrogen and oxygen atoms in total. The SMILES string of the molecule is NC(=S)c1ccc(N2CCS(=O)CC2)c(F)c1Br. The number of hydrogen-bond donors (Lipinski definition) is 1. The Balaban J connectivity index is 2.32. The fourth-order valence-corrected chi connectivity index (χ4v) is 3.75. The van der Waals surface area contributed by atoms with E-state index in [1.54, 1.807) is 12.1 Å². The van der Waals surface area contributed by atoms with Gasteiger partial charge in [0.1, 0.15) is 4.99 Å². The van der Waals surface area contributed by atoms with Crippen molar-refractivity contribution in [3.05, 3.63) is 28.0 Å². The van der Waals surface area contributed by atoms with Gasteiger partial charge in [0.25, 0.3) is 0 Å². The van der Waals surface area contributed by atoms with Crippen LogP contribution in [0.4, 0.5) is 10.1 Å². The number of rotatable bonds is 2. The Bertz CT molecular complexity index is 514. The van der Waals surface area contributed by atoms with Gasteiger partial charge in [0.05, 0.1) is 10.2 Å². The highest BCUT2D eigenvalue weighted by Crippen LogP contribution is 2.30. The summed E-state index contributed by atoms with van der Waals surface area (Å²) in [5.41, 5.74) is 6.50. The number of hydrogen-bond acceptors (Lipinski definition) is 3. The highest BCUT2D eigenvalue weighted by atomic mass is 79.9. The molecule has 0 unspecified atom stereocenters. The van der Waals surface area contributed by atoms with Crippen LogP contribution in [0.15, 0.2) is 16.6 Å². The first-order valence-electron chi connectivity index (χ1n) is 5.38. The van der Waals surface area contributed by atoms with Gasteiger partial charge in [0, 0.05) is 41.0 Å². The number of nitrogens with two attached hydrogens (primary N) is 1. The molecule has 7 heteroatoms. The molecule has 1 saturated heterocycles. The summed E-state index contributed by atoms with van der Waals surface area (Å²) in [6, 6.07) is 3.37. The van der Waals surface area contributed by atoms with E-state index in [-0.39, 0.29) is 10.8 Å². The molecule has 1 aliphatic rings. The van der Waals surface area contributed by atoms with E-state index in [0.29, 0.717) is 40.3 Å². The molecule has 0 saturated carbocycles. The molecule has 1 aromatic carbocycles. The van der Waals surface area contributed by atoms with Gasteiger partial charge in [-0.25, -0.2) is 4.39 Å². The molecule has 1 aromatic rings. The van der Waals surface area contributed by atoms with E-state index in [1.165, 1.54) is 0 Å². The highest BCUT2D eigenvalue weighted by molar-refractivity contribution is 9.10. The van der Waals surface area contributed by atoms with Crippen molar-refractivity contribution in [1.29, 1.82) is 0 Å². The monoisotopic (exact) mass is 350 g/mol. The molecule has 0 bridgehead atoms. The Morgan fingerprint density at radius 3 is 2.61 bits per heavy atom. The van der Waals surface area contributed by atoms with Crippen LogP contribution < -0.4 is 10.6 Å². The average Bonchev–Trinajstić information content (AvgIpc) is 2.33. The molecule has 1 aliphatic heterocycles. The quantitative estimate of drug-likeness (QED) is 0.826. The summed E-state index contributed by atoms with van der Waals surface area (Å²) in [7, 11) is -0.775. The van der Waals surface area contributed by atoms with Gasteiger partial charge in [-0.1, -0.05) is 12.2 Å². The fraction of sp³-hybridized carbons (Fsp3) is 0.364. The molecule has 0 radical (unpaired) electrons. The van der Waals surface area contributed by atoms with E-state index < -0.39 is 10.8 Å². The van der Waals surface area contributed by atoms with Crippen molar-refractivity contribution >= 4 is 49.6 Å². The minimum atomic E-state index is -0.775. The van der Waals surface area contributed by atoms with Crippen molar-refractivity contribution < 1.29 is 8.60 Å². The lowest BCUT2D eigenvalue weighted by atomic mass is 10.2. The van der Waals surface area contributed by atoms with Crippen molar-refractivity contribution in [1.82, 2.24) is 0 Å². The molecule has 1 fully saturated rings. The molecule has 0 atom stereocenters. The van der Waals surface area contributed by atoms with E-state index in [9.17, 15) is 8.60 Å². The van der Waals surface area contributed by atoms with Crippen LogP contribution in [0.2, 0.25) is 0 Å². The lowest BCUT2D eigenvalue weighted by Gasteiger charge is -2.29. The smallest absolute Gasteiger partial charge is 0.161 e. The van der Waals surface area contributed by atoms with Crippen LogP contribution >= 0.6 is 28.1 Å². The predicted octanol–water partition coefficient (Wildman–Crippen LogP) is 1.79. The second-order valence-corrected chi connectivity index (χ2v) is 6.89. The van der Waals surface area contributed by atoms with Crippen LogP contribution in [-0.4, -0.2) is 33.8 Å². The van der Waals surface area contributed by atoms with Crippen LogP contribution in [-0.2, 0) is 10.8 Å². The molecule has 0 amide bonds. The van der Waals surface area contributed by atoms with Crippen molar-refractivity contribution in [2.45, 2.75) is 0 Å². The third-order valence-corrected chi connectivity index (χ3v) is 5.12. The maximum Gasteiger partial charge on any atom is 0.161 e. The van der Waals surface area contributed by atoms with Gasteiger partial charge in [0.2, 0.25) is 0 Å². The van der Waals surface area contributed by atoms with E-state index in [4.69, 9.17) is 18.0 Å². The zero-order valence-electron chi connectivity index (χ0n) is 9.49. The van der Waals surface area contributed by atoms with Crippen LogP contribution in [0.1, 0.15) is 5.56 Å². The number of anilines is 1. The minimum absolute atomic E-state index is 0.159. The molecular weight excluding hydrogens is 339 g/mol. The molecular formula is C11H12BrFN2OS2. The Hall–Kier alpha value is -0.530. The van der Waals surface area contributed by atoms with E-state index in [0.717, 1.165) is 0 Å². The zero-order chi connectivity index (χ0) is 13.3. The maximum atomic E-state index is 14.2. The summed E-state index contributed by atoms with van der Waals surface area (Å²) in [6.07, 6.45) is 0. The minimum Gasteiger partial charge on any atom is -0.389 e. The third kappa shape index (κ3) is 2.73. The molecule has 2 N–H and O–H groups in total. The third-order valence-electron chi connectivity index (χ3n) is 2.85. The van der Waals surface area contributed by atoms with Gasteiger partial charge in [0.15, 0.2) is 5.82 Å². The maximum absolute atomic E-state index is 14.2. The van der Waals surface area contributed by atoms with Crippen molar-refractivity contribution in [2.24, 2.45) is 5.73 Å². The summed E-state index contributed by atoms with van der Waals surface area (Å²) >= 11 is 8.03. The molecule has 0 spiro atoms. The Morgan fingerprint density at radius 1 is 1.44 bits per heavy atom. The molecule has 0 aliphatic carbocycles. The number of thiocarbonyl (C=S) groups is 1. The second kappa shape index (κ2) is 5.63. The number of halogens is 2. The summed E-state index contributed by atoms with van der Waals surface area (Å²) < 4.78 is 25.8. The molecule has 1 heterocycles. The normalized spacial score (nSPS) is 16.9. The van der Waals surface area contributed by atoms with Crippen LogP contribution in [0.5, 0.6) is 0 Å². The average molecular weight is 351 g/mol. The van der Waals surface area contributed by atoms with Crippen LogP contribution in [0, 0.1) is 5.82 Å². The molecule has 98 valence electrons. The predicted molar refractivity (Wildman–Crippen MR) is 80.1 cm³/mol. The zero-order valence-corrected chi connectivity index (χ0v) is 12.7. The summed E-state index contributed by atoms with van der Waals surface area (Å²) in [5.74, 6) is 0.787. The summed E-state index contributed by atoms with van der Waals surface area (Å²) in [5, 5.41) is 0. The Kier molecular flexibility index (Phi) is 4.34. The van der Waals surface area contributed by atoms with Gasteiger partial charge >= 0.3 is 0 Å². The first kappa shape index (κ1) is 13.9. The number of nitrogens with zero attached hydrogens (tertiary/aromatic N) is 1. The van der Waals surface area contributed by atoms with Crippen LogP contribution in [0.25, 0.3) is 0 Å². The van der Waals surface area contributed by atoms with E-state index in [2.05, 4.69) is 15.9 Å². The van der Waals surface area contributed by atoms with Crippen molar-refractivity contribution in [3.63, 3.8) is 0 Å². The lowest BCUT2D eigenvalue weighted by molar-refractivity contribution is 0.611. The number of benzene rings is 1. The topological polar surface area (TPSA) is 46.3 Å². The van der Waals surface area contributed by atoms with Gasteiger partial charge in [-0.2, -0.15) is 0 Å². The van der Waals surface area contributed by atoms with Crippen molar-refractivity contribution in [3.8, 4) is 0 Å². The van der Waals surface area contributed by atoms with E-state index in [1.807, 2.05) is 4.90 Å². The Labute approximate surface area is 121 Å². The van der Waals surface area contributed by atoms with Crippen LogP contribution in [0.3, 0.4) is 0 Å². The van der Waals surface area contributed by atoms with Gasteiger partial charge in [-0.05, 0) is 28.1 Å². The summed E-state index contributed by atoms with van der Waals surface area (Å²) in [4.78, 5) is 2.05.